The van der Waals surface area contributed by atoms with Gasteiger partial charge in [0.2, 0.25) is 5.69 Å². The molecule has 3 heteroatoms. The SMILES string of the molecule is CCCC[n+]1ccccc1/C=C/c1ncc[nH]1. The molecular weight excluding hydrogens is 210 g/mol. The average Bonchev–Trinajstić information content (AvgIpc) is 2.88. The molecule has 0 spiro atoms. The van der Waals surface area contributed by atoms with Crippen LogP contribution >= 0.6 is 0 Å². The first kappa shape index (κ1) is 11.6. The van der Waals surface area contributed by atoms with Gasteiger partial charge in [-0.2, -0.15) is 4.57 Å². The van der Waals surface area contributed by atoms with Crippen molar-refractivity contribution in [3.8, 4) is 0 Å². The molecule has 0 aliphatic rings. The largest absolute Gasteiger partial charge is 0.345 e. The minimum absolute atomic E-state index is 0.885. The van der Waals surface area contributed by atoms with Crippen LogP contribution in [0.25, 0.3) is 12.2 Å². The maximum Gasteiger partial charge on any atom is 0.205 e. The molecule has 2 heterocycles. The zero-order valence-electron chi connectivity index (χ0n) is 10.1. The van der Waals surface area contributed by atoms with Crippen molar-refractivity contribution in [2.45, 2.75) is 26.3 Å². The second-order valence-electron chi connectivity index (χ2n) is 3.98. The highest BCUT2D eigenvalue weighted by atomic mass is 14.9. The molecule has 0 atom stereocenters. The third kappa shape index (κ3) is 3.28. The Kier molecular flexibility index (Phi) is 4.08. The summed E-state index contributed by atoms with van der Waals surface area (Å²) in [6, 6.07) is 6.25. The second-order valence-corrected chi connectivity index (χ2v) is 3.98. The Bertz CT molecular complexity index is 472. The zero-order valence-corrected chi connectivity index (χ0v) is 10.1. The fraction of sp³-hybridized carbons (Fsp3) is 0.286. The highest BCUT2D eigenvalue weighted by Crippen LogP contribution is 2.01. The third-order valence-corrected chi connectivity index (χ3v) is 2.66. The first-order chi connectivity index (χ1) is 8.40. The predicted molar refractivity (Wildman–Crippen MR) is 69.1 cm³/mol. The van der Waals surface area contributed by atoms with Gasteiger partial charge in [0.05, 0.1) is 0 Å². The van der Waals surface area contributed by atoms with Gasteiger partial charge < -0.3 is 4.98 Å². The summed E-state index contributed by atoms with van der Waals surface area (Å²) in [5, 5.41) is 0. The molecule has 0 fully saturated rings. The van der Waals surface area contributed by atoms with Crippen molar-refractivity contribution in [1.29, 1.82) is 0 Å². The molecule has 2 aromatic rings. The van der Waals surface area contributed by atoms with E-state index < -0.39 is 0 Å². The minimum Gasteiger partial charge on any atom is -0.345 e. The van der Waals surface area contributed by atoms with Crippen LogP contribution in [0.5, 0.6) is 0 Å². The maximum atomic E-state index is 4.17. The summed E-state index contributed by atoms with van der Waals surface area (Å²) in [5.41, 5.74) is 1.21. The molecule has 3 nitrogen and oxygen atoms in total. The molecule has 2 rings (SSSR count). The number of aryl methyl sites for hydroxylation is 1. The maximum absolute atomic E-state index is 4.17. The number of nitrogens with zero attached hydrogens (tertiary/aromatic N) is 2. The van der Waals surface area contributed by atoms with Gasteiger partial charge in [-0.25, -0.2) is 4.98 Å². The molecule has 2 aromatic heterocycles. The molecule has 0 aromatic carbocycles. The molecule has 0 saturated carbocycles. The van der Waals surface area contributed by atoms with Crippen molar-refractivity contribution in [1.82, 2.24) is 9.97 Å². The normalized spacial score (nSPS) is 11.1. The lowest BCUT2D eigenvalue weighted by atomic mass is 10.2. The fourth-order valence-corrected chi connectivity index (χ4v) is 1.71. The number of aromatic nitrogens is 3. The molecule has 88 valence electrons. The number of unbranched alkanes of at least 4 members (excludes halogenated alkanes) is 1. The van der Waals surface area contributed by atoms with E-state index in [0.717, 1.165) is 12.4 Å². The monoisotopic (exact) mass is 228 g/mol. The standard InChI is InChI=1S/C14H17N3/c1-2-3-11-17-12-5-4-6-13(17)7-8-14-15-9-10-16-14/h4-10,12H,2-3,11H2,1H3/p+1. The molecule has 17 heavy (non-hydrogen) atoms. The number of pyridine rings is 1. The van der Waals surface area contributed by atoms with E-state index in [1.165, 1.54) is 18.5 Å². The number of nitrogens with one attached hydrogen (secondary N) is 1. The highest BCUT2D eigenvalue weighted by Gasteiger charge is 2.04. The number of imidazole rings is 1. The summed E-state index contributed by atoms with van der Waals surface area (Å²) in [6.07, 6.45) is 12.2. The molecule has 0 bridgehead atoms. The third-order valence-electron chi connectivity index (χ3n) is 2.66. The van der Waals surface area contributed by atoms with E-state index in [2.05, 4.69) is 51.9 Å². The predicted octanol–water partition coefficient (Wildman–Crippen LogP) is 2.67. The minimum atomic E-state index is 0.885. The quantitative estimate of drug-likeness (QED) is 0.784. The Morgan fingerprint density at radius 1 is 1.35 bits per heavy atom. The van der Waals surface area contributed by atoms with Crippen LogP contribution < -0.4 is 4.57 Å². The topological polar surface area (TPSA) is 32.6 Å². The highest BCUT2D eigenvalue weighted by molar-refractivity contribution is 5.62. The van der Waals surface area contributed by atoms with Crippen LogP contribution in [0, 0.1) is 0 Å². The molecule has 0 amide bonds. The summed E-state index contributed by atoms with van der Waals surface area (Å²) in [5.74, 6) is 0.885. The van der Waals surface area contributed by atoms with Crippen LogP contribution in [0.15, 0.2) is 36.8 Å². The Morgan fingerprint density at radius 3 is 3.06 bits per heavy atom. The van der Waals surface area contributed by atoms with Crippen molar-refractivity contribution in [3.63, 3.8) is 0 Å². The van der Waals surface area contributed by atoms with Crippen molar-refractivity contribution >= 4 is 12.2 Å². The van der Waals surface area contributed by atoms with Gasteiger partial charge in [-0.1, -0.05) is 13.3 Å². The van der Waals surface area contributed by atoms with Crippen LogP contribution in [-0.2, 0) is 6.54 Å². The van der Waals surface area contributed by atoms with Crippen molar-refractivity contribution in [3.05, 3.63) is 48.3 Å². The van der Waals surface area contributed by atoms with Gasteiger partial charge in [0.15, 0.2) is 6.20 Å². The van der Waals surface area contributed by atoms with Crippen molar-refractivity contribution in [2.24, 2.45) is 0 Å². The van der Waals surface area contributed by atoms with Gasteiger partial charge in [0.25, 0.3) is 0 Å². The van der Waals surface area contributed by atoms with Crippen LogP contribution in [0.2, 0.25) is 0 Å². The fourth-order valence-electron chi connectivity index (χ4n) is 1.71. The number of hydrogen-bond donors (Lipinski definition) is 1. The van der Waals surface area contributed by atoms with Crippen LogP contribution in [0.4, 0.5) is 0 Å². The molecule has 0 radical (unpaired) electrons. The van der Waals surface area contributed by atoms with Crippen LogP contribution in [0.1, 0.15) is 31.3 Å². The Balaban J connectivity index is 2.14. The number of aromatic amines is 1. The van der Waals surface area contributed by atoms with Gasteiger partial charge in [0, 0.05) is 37.0 Å². The second kappa shape index (κ2) is 5.99. The Morgan fingerprint density at radius 2 is 2.29 bits per heavy atom. The molecule has 0 saturated heterocycles. The van der Waals surface area contributed by atoms with Crippen molar-refractivity contribution in [2.75, 3.05) is 0 Å². The molecule has 1 N–H and O–H groups in total. The van der Waals surface area contributed by atoms with Crippen LogP contribution in [0.3, 0.4) is 0 Å². The van der Waals surface area contributed by atoms with Gasteiger partial charge in [-0.15, -0.1) is 0 Å². The first-order valence-corrected chi connectivity index (χ1v) is 6.06. The lowest BCUT2D eigenvalue weighted by molar-refractivity contribution is -0.699. The number of H-pyrrole nitrogens is 1. The van der Waals surface area contributed by atoms with E-state index in [1.54, 1.807) is 6.20 Å². The van der Waals surface area contributed by atoms with Gasteiger partial charge in [-0.3, -0.25) is 0 Å². The van der Waals surface area contributed by atoms with Crippen LogP contribution in [-0.4, -0.2) is 9.97 Å². The van der Waals surface area contributed by atoms with Gasteiger partial charge >= 0.3 is 0 Å². The van der Waals surface area contributed by atoms with E-state index in [-0.39, 0.29) is 0 Å². The molecule has 0 aliphatic heterocycles. The van der Waals surface area contributed by atoms with E-state index >= 15 is 0 Å². The summed E-state index contributed by atoms with van der Waals surface area (Å²) in [4.78, 5) is 7.23. The lowest BCUT2D eigenvalue weighted by Crippen LogP contribution is -2.36. The summed E-state index contributed by atoms with van der Waals surface area (Å²) >= 11 is 0. The Hall–Kier alpha value is -1.90. The van der Waals surface area contributed by atoms with Crippen molar-refractivity contribution < 1.29 is 4.57 Å². The number of hydrogen-bond acceptors (Lipinski definition) is 1. The number of rotatable bonds is 5. The summed E-state index contributed by atoms with van der Waals surface area (Å²) in [7, 11) is 0. The van der Waals surface area contributed by atoms with E-state index in [9.17, 15) is 0 Å². The zero-order chi connectivity index (χ0) is 11.9. The lowest BCUT2D eigenvalue weighted by Gasteiger charge is -1.98. The first-order valence-electron chi connectivity index (χ1n) is 6.06. The van der Waals surface area contributed by atoms with Gasteiger partial charge in [0.1, 0.15) is 12.4 Å². The molecule has 0 unspecified atom stereocenters. The molecule has 0 aliphatic carbocycles. The summed E-state index contributed by atoms with van der Waals surface area (Å²) < 4.78 is 2.27. The summed E-state index contributed by atoms with van der Waals surface area (Å²) in [6.45, 7) is 3.27. The van der Waals surface area contributed by atoms with Gasteiger partial charge in [-0.05, 0) is 12.1 Å². The van der Waals surface area contributed by atoms with E-state index in [1.807, 2.05) is 12.3 Å². The smallest absolute Gasteiger partial charge is 0.205 e. The van der Waals surface area contributed by atoms with E-state index in [0.29, 0.717) is 0 Å². The van der Waals surface area contributed by atoms with E-state index in [4.69, 9.17) is 0 Å². The Labute approximate surface area is 102 Å². The molecular formula is C14H18N3+. The average molecular weight is 228 g/mol.